The zero-order valence-corrected chi connectivity index (χ0v) is 13.9. The van der Waals surface area contributed by atoms with Crippen LogP contribution in [-0.2, 0) is 4.79 Å². The third-order valence-electron chi connectivity index (χ3n) is 4.25. The van der Waals surface area contributed by atoms with E-state index in [0.29, 0.717) is 0 Å². The number of amides is 1. The standard InChI is InChI=1S/C22H21NO2/c24-16-20(17-10-4-1-5-11-17)22(25)23-21(18-12-6-2-7-13-18)19-14-8-3-9-15-19/h1-15,20-21,24H,16H2,(H,23,25). The highest BCUT2D eigenvalue weighted by atomic mass is 16.3. The lowest BCUT2D eigenvalue weighted by Gasteiger charge is -2.23. The predicted octanol–water partition coefficient (Wildman–Crippen LogP) is 3.67. The van der Waals surface area contributed by atoms with Crippen molar-refractivity contribution < 1.29 is 9.90 Å². The SMILES string of the molecule is O=C(NC(c1ccccc1)c1ccccc1)C(CO)c1ccccc1. The van der Waals surface area contributed by atoms with Crippen LogP contribution in [0.25, 0.3) is 0 Å². The Morgan fingerprint density at radius 1 is 0.720 bits per heavy atom. The van der Waals surface area contributed by atoms with Gasteiger partial charge in [-0.05, 0) is 16.7 Å². The summed E-state index contributed by atoms with van der Waals surface area (Å²) in [6.07, 6.45) is 0. The molecule has 3 aromatic carbocycles. The maximum Gasteiger partial charge on any atom is 0.230 e. The summed E-state index contributed by atoms with van der Waals surface area (Å²) in [6, 6.07) is 28.8. The number of aliphatic hydroxyl groups excluding tert-OH is 1. The molecule has 0 radical (unpaired) electrons. The Kier molecular flexibility index (Phi) is 5.60. The Morgan fingerprint density at radius 3 is 1.52 bits per heavy atom. The minimum Gasteiger partial charge on any atom is -0.395 e. The molecule has 0 aliphatic rings. The Bertz CT molecular complexity index is 749. The Hall–Kier alpha value is -2.91. The monoisotopic (exact) mass is 331 g/mol. The lowest BCUT2D eigenvalue weighted by molar-refractivity contribution is -0.123. The summed E-state index contributed by atoms with van der Waals surface area (Å²) in [6.45, 7) is -0.230. The van der Waals surface area contributed by atoms with Crippen LogP contribution in [0.15, 0.2) is 91.0 Å². The van der Waals surface area contributed by atoms with Gasteiger partial charge in [-0.15, -0.1) is 0 Å². The van der Waals surface area contributed by atoms with Crippen molar-refractivity contribution in [3.63, 3.8) is 0 Å². The van der Waals surface area contributed by atoms with E-state index in [-0.39, 0.29) is 18.6 Å². The van der Waals surface area contributed by atoms with E-state index in [1.807, 2.05) is 91.0 Å². The Balaban J connectivity index is 1.88. The molecule has 126 valence electrons. The molecule has 0 heterocycles. The lowest BCUT2D eigenvalue weighted by Crippen LogP contribution is -2.35. The number of aliphatic hydroxyl groups is 1. The fourth-order valence-corrected chi connectivity index (χ4v) is 2.92. The minimum absolute atomic E-state index is 0.189. The summed E-state index contributed by atoms with van der Waals surface area (Å²) < 4.78 is 0. The Labute approximate surface area is 148 Å². The maximum atomic E-state index is 12.9. The number of benzene rings is 3. The second-order valence-electron chi connectivity index (χ2n) is 5.91. The van der Waals surface area contributed by atoms with Crippen LogP contribution in [0.3, 0.4) is 0 Å². The van der Waals surface area contributed by atoms with Crippen molar-refractivity contribution in [1.82, 2.24) is 5.32 Å². The van der Waals surface area contributed by atoms with Gasteiger partial charge in [-0.3, -0.25) is 4.79 Å². The number of carbonyl (C=O) groups is 1. The lowest BCUT2D eigenvalue weighted by atomic mass is 9.95. The average Bonchev–Trinajstić information content (AvgIpc) is 2.69. The molecule has 2 N–H and O–H groups in total. The van der Waals surface area contributed by atoms with Gasteiger partial charge in [0.25, 0.3) is 0 Å². The zero-order chi connectivity index (χ0) is 17.5. The summed E-state index contributed by atoms with van der Waals surface area (Å²) in [4.78, 5) is 12.9. The molecule has 0 spiro atoms. The van der Waals surface area contributed by atoms with Gasteiger partial charge >= 0.3 is 0 Å². The van der Waals surface area contributed by atoms with Gasteiger partial charge in [0.1, 0.15) is 0 Å². The molecule has 3 heteroatoms. The molecule has 0 saturated carbocycles. The molecule has 0 fully saturated rings. The summed E-state index contributed by atoms with van der Waals surface area (Å²) in [7, 11) is 0. The first-order valence-corrected chi connectivity index (χ1v) is 8.35. The van der Waals surface area contributed by atoms with E-state index in [4.69, 9.17) is 0 Å². The molecular weight excluding hydrogens is 310 g/mol. The highest BCUT2D eigenvalue weighted by molar-refractivity contribution is 5.84. The van der Waals surface area contributed by atoms with Crippen molar-refractivity contribution in [1.29, 1.82) is 0 Å². The highest BCUT2D eigenvalue weighted by Gasteiger charge is 2.24. The first-order valence-electron chi connectivity index (χ1n) is 8.35. The van der Waals surface area contributed by atoms with E-state index in [9.17, 15) is 9.90 Å². The van der Waals surface area contributed by atoms with Gasteiger partial charge in [0.2, 0.25) is 5.91 Å². The second-order valence-corrected chi connectivity index (χ2v) is 5.91. The molecule has 0 saturated heterocycles. The van der Waals surface area contributed by atoms with Gasteiger partial charge in [0.05, 0.1) is 18.6 Å². The van der Waals surface area contributed by atoms with Gasteiger partial charge in [-0.1, -0.05) is 91.0 Å². The maximum absolute atomic E-state index is 12.9. The number of rotatable bonds is 6. The minimum atomic E-state index is -0.587. The van der Waals surface area contributed by atoms with Crippen LogP contribution >= 0.6 is 0 Å². The van der Waals surface area contributed by atoms with Crippen molar-refractivity contribution in [2.24, 2.45) is 0 Å². The van der Waals surface area contributed by atoms with Crippen molar-refractivity contribution in [2.75, 3.05) is 6.61 Å². The summed E-state index contributed by atoms with van der Waals surface area (Å²) >= 11 is 0. The van der Waals surface area contributed by atoms with Crippen LogP contribution in [0.4, 0.5) is 0 Å². The Morgan fingerprint density at radius 2 is 1.12 bits per heavy atom. The molecule has 1 unspecified atom stereocenters. The van der Waals surface area contributed by atoms with Gasteiger partial charge in [0, 0.05) is 0 Å². The average molecular weight is 331 g/mol. The third-order valence-corrected chi connectivity index (χ3v) is 4.25. The molecular formula is C22H21NO2. The molecule has 25 heavy (non-hydrogen) atoms. The van der Waals surface area contributed by atoms with E-state index < -0.39 is 5.92 Å². The van der Waals surface area contributed by atoms with Crippen LogP contribution in [0.2, 0.25) is 0 Å². The number of hydrogen-bond donors (Lipinski definition) is 2. The van der Waals surface area contributed by atoms with Crippen LogP contribution in [0.1, 0.15) is 28.7 Å². The van der Waals surface area contributed by atoms with E-state index in [1.165, 1.54) is 0 Å². The van der Waals surface area contributed by atoms with Crippen molar-refractivity contribution >= 4 is 5.91 Å². The fraction of sp³-hybridized carbons (Fsp3) is 0.136. The van der Waals surface area contributed by atoms with Crippen LogP contribution < -0.4 is 5.32 Å². The summed E-state index contributed by atoms with van der Waals surface area (Å²) in [5, 5.41) is 12.8. The molecule has 1 atom stereocenters. The number of carbonyl (C=O) groups excluding carboxylic acids is 1. The fourth-order valence-electron chi connectivity index (χ4n) is 2.92. The molecule has 0 bridgehead atoms. The van der Waals surface area contributed by atoms with Gasteiger partial charge < -0.3 is 10.4 Å². The molecule has 3 aromatic rings. The predicted molar refractivity (Wildman–Crippen MR) is 99.1 cm³/mol. The van der Waals surface area contributed by atoms with Crippen molar-refractivity contribution in [3.8, 4) is 0 Å². The van der Waals surface area contributed by atoms with Crippen LogP contribution in [0, 0.1) is 0 Å². The largest absolute Gasteiger partial charge is 0.395 e. The molecule has 1 amide bonds. The smallest absolute Gasteiger partial charge is 0.230 e. The highest BCUT2D eigenvalue weighted by Crippen LogP contribution is 2.24. The molecule has 0 aromatic heterocycles. The van der Waals surface area contributed by atoms with Crippen LogP contribution in [-0.4, -0.2) is 17.6 Å². The summed E-state index contributed by atoms with van der Waals surface area (Å²) in [5.41, 5.74) is 2.82. The molecule has 3 nitrogen and oxygen atoms in total. The molecule has 0 aliphatic carbocycles. The summed E-state index contributed by atoms with van der Waals surface area (Å²) in [5.74, 6) is -0.775. The van der Waals surface area contributed by atoms with Gasteiger partial charge in [-0.25, -0.2) is 0 Å². The van der Waals surface area contributed by atoms with Crippen molar-refractivity contribution in [2.45, 2.75) is 12.0 Å². The normalized spacial score (nSPS) is 11.9. The van der Waals surface area contributed by atoms with Gasteiger partial charge in [-0.2, -0.15) is 0 Å². The van der Waals surface area contributed by atoms with Gasteiger partial charge in [0.15, 0.2) is 0 Å². The van der Waals surface area contributed by atoms with Crippen LogP contribution in [0.5, 0.6) is 0 Å². The van der Waals surface area contributed by atoms with Crippen molar-refractivity contribution in [3.05, 3.63) is 108 Å². The van der Waals surface area contributed by atoms with E-state index in [0.717, 1.165) is 16.7 Å². The van der Waals surface area contributed by atoms with E-state index in [2.05, 4.69) is 5.32 Å². The zero-order valence-electron chi connectivity index (χ0n) is 13.9. The third kappa shape index (κ3) is 4.14. The molecule has 3 rings (SSSR count). The quantitative estimate of drug-likeness (QED) is 0.724. The van der Waals surface area contributed by atoms with E-state index >= 15 is 0 Å². The first-order chi connectivity index (χ1) is 12.3. The topological polar surface area (TPSA) is 49.3 Å². The number of nitrogens with one attached hydrogen (secondary N) is 1. The molecule has 0 aliphatic heterocycles. The number of hydrogen-bond acceptors (Lipinski definition) is 2. The first kappa shape index (κ1) is 16.9. The second kappa shape index (κ2) is 8.27. The van der Waals surface area contributed by atoms with E-state index in [1.54, 1.807) is 0 Å².